The number of alkyl carbamates (subject to hydrolysis) is 1. The van der Waals surface area contributed by atoms with Gasteiger partial charge >= 0.3 is 12.3 Å². The van der Waals surface area contributed by atoms with Crippen LogP contribution >= 0.6 is 0 Å². The van der Waals surface area contributed by atoms with E-state index in [1.165, 1.54) is 12.1 Å². The third kappa shape index (κ3) is 5.47. The Labute approximate surface area is 148 Å². The summed E-state index contributed by atoms with van der Waals surface area (Å²) in [6.45, 7) is -0.469. The zero-order valence-electron chi connectivity index (χ0n) is 13.6. The highest BCUT2D eigenvalue weighted by atomic mass is 19.4. The minimum absolute atomic E-state index is 0.00221. The summed E-state index contributed by atoms with van der Waals surface area (Å²) in [7, 11) is 0. The van der Waals surface area contributed by atoms with Gasteiger partial charge in [-0.3, -0.25) is 0 Å². The van der Waals surface area contributed by atoms with Gasteiger partial charge in [0, 0.05) is 6.54 Å². The van der Waals surface area contributed by atoms with Gasteiger partial charge in [-0.1, -0.05) is 48.5 Å². The molecule has 1 amide bonds. The zero-order valence-corrected chi connectivity index (χ0v) is 13.6. The Kier molecular flexibility index (Phi) is 6.59. The number of carbonyl (C=O) groups is 1. The standard InChI is InChI=1S/C18H18F3NO4/c19-18(20,21)14-9-5-4-8-13(14)16(24)15(23)10-22-17(25)26-11-12-6-2-1-3-7-12/h1-9,15-16,23-24H,10-11H2,(H,22,25). The molecule has 2 atom stereocenters. The number of halogens is 3. The van der Waals surface area contributed by atoms with Gasteiger partial charge in [0.15, 0.2) is 0 Å². The lowest BCUT2D eigenvalue weighted by molar-refractivity contribution is -0.139. The van der Waals surface area contributed by atoms with E-state index in [1.807, 2.05) is 0 Å². The Balaban J connectivity index is 1.89. The van der Waals surface area contributed by atoms with Gasteiger partial charge in [0.2, 0.25) is 0 Å². The molecule has 8 heteroatoms. The SMILES string of the molecule is O=C(NCC(O)C(O)c1ccccc1C(F)(F)F)OCc1ccccc1. The van der Waals surface area contributed by atoms with Crippen LogP contribution in [0, 0.1) is 0 Å². The van der Waals surface area contributed by atoms with Gasteiger partial charge in [0.05, 0.1) is 5.56 Å². The molecule has 0 bridgehead atoms. The molecule has 0 aromatic heterocycles. The summed E-state index contributed by atoms with van der Waals surface area (Å²) in [5, 5.41) is 22.1. The van der Waals surface area contributed by atoms with Crippen molar-refractivity contribution >= 4 is 6.09 Å². The number of rotatable bonds is 6. The zero-order chi connectivity index (χ0) is 19.2. The molecule has 5 nitrogen and oxygen atoms in total. The van der Waals surface area contributed by atoms with Crippen molar-refractivity contribution in [3.8, 4) is 0 Å². The van der Waals surface area contributed by atoms with Gasteiger partial charge in [-0.15, -0.1) is 0 Å². The molecule has 0 saturated carbocycles. The molecule has 3 N–H and O–H groups in total. The van der Waals surface area contributed by atoms with Crippen LogP contribution in [0.2, 0.25) is 0 Å². The smallest absolute Gasteiger partial charge is 0.416 e. The molecule has 2 aromatic rings. The van der Waals surface area contributed by atoms with E-state index in [1.54, 1.807) is 30.3 Å². The predicted molar refractivity (Wildman–Crippen MR) is 87.0 cm³/mol. The largest absolute Gasteiger partial charge is 0.445 e. The molecule has 0 aliphatic heterocycles. The molecule has 0 spiro atoms. The first-order chi connectivity index (χ1) is 12.3. The Morgan fingerprint density at radius 3 is 2.31 bits per heavy atom. The second kappa shape index (κ2) is 8.68. The topological polar surface area (TPSA) is 78.8 Å². The van der Waals surface area contributed by atoms with Crippen molar-refractivity contribution < 1.29 is 32.9 Å². The molecule has 0 radical (unpaired) electrons. The fourth-order valence-electron chi connectivity index (χ4n) is 2.29. The van der Waals surface area contributed by atoms with E-state index in [-0.39, 0.29) is 6.61 Å². The van der Waals surface area contributed by atoms with Crippen molar-refractivity contribution in [3.63, 3.8) is 0 Å². The maximum atomic E-state index is 13.0. The van der Waals surface area contributed by atoms with Gasteiger partial charge in [0.25, 0.3) is 0 Å². The number of hydrogen-bond donors (Lipinski definition) is 3. The summed E-state index contributed by atoms with van der Waals surface area (Å²) in [5.74, 6) is 0. The number of hydrogen-bond acceptors (Lipinski definition) is 4. The van der Waals surface area contributed by atoms with Gasteiger partial charge in [-0.05, 0) is 17.2 Å². The average molecular weight is 369 g/mol. The van der Waals surface area contributed by atoms with Crippen LogP contribution in [0.15, 0.2) is 54.6 Å². The van der Waals surface area contributed by atoms with Gasteiger partial charge in [0.1, 0.15) is 18.8 Å². The fraction of sp³-hybridized carbons (Fsp3) is 0.278. The van der Waals surface area contributed by atoms with Crippen molar-refractivity contribution in [2.75, 3.05) is 6.54 Å². The number of aliphatic hydroxyl groups excluding tert-OH is 2. The van der Waals surface area contributed by atoms with Crippen LogP contribution in [0.3, 0.4) is 0 Å². The lowest BCUT2D eigenvalue weighted by Gasteiger charge is -2.22. The highest BCUT2D eigenvalue weighted by Crippen LogP contribution is 2.35. The van der Waals surface area contributed by atoms with Crippen LogP contribution in [-0.2, 0) is 17.5 Å². The number of carbonyl (C=O) groups excluding carboxylic acids is 1. The number of alkyl halides is 3. The van der Waals surface area contributed by atoms with Crippen molar-refractivity contribution in [3.05, 3.63) is 71.3 Å². The predicted octanol–water partition coefficient (Wildman–Crippen LogP) is 3.03. The molecule has 0 heterocycles. The highest BCUT2D eigenvalue weighted by Gasteiger charge is 2.36. The number of amides is 1. The van der Waals surface area contributed by atoms with Crippen LogP contribution in [0.1, 0.15) is 22.8 Å². The van der Waals surface area contributed by atoms with E-state index in [4.69, 9.17) is 4.74 Å². The van der Waals surface area contributed by atoms with Crippen LogP contribution in [-0.4, -0.2) is 29.0 Å². The second-order valence-corrected chi connectivity index (χ2v) is 5.54. The van der Waals surface area contributed by atoms with Crippen molar-refractivity contribution in [1.29, 1.82) is 0 Å². The average Bonchev–Trinajstić information content (AvgIpc) is 2.64. The molecule has 26 heavy (non-hydrogen) atoms. The summed E-state index contributed by atoms with van der Waals surface area (Å²) in [5.41, 5.74) is -0.757. The first kappa shape index (κ1) is 19.7. The number of nitrogens with one attached hydrogen (secondary N) is 1. The first-order valence-electron chi connectivity index (χ1n) is 7.76. The van der Waals surface area contributed by atoms with Crippen LogP contribution < -0.4 is 5.32 Å². The molecule has 2 aromatic carbocycles. The van der Waals surface area contributed by atoms with Crippen LogP contribution in [0.5, 0.6) is 0 Å². The van der Waals surface area contributed by atoms with Crippen molar-refractivity contribution in [2.45, 2.75) is 25.0 Å². The number of benzene rings is 2. The summed E-state index contributed by atoms with van der Waals surface area (Å²) < 4.78 is 43.8. The minimum atomic E-state index is -4.67. The highest BCUT2D eigenvalue weighted by molar-refractivity contribution is 5.67. The van der Waals surface area contributed by atoms with E-state index >= 15 is 0 Å². The van der Waals surface area contributed by atoms with Gasteiger partial charge in [-0.25, -0.2) is 4.79 Å². The molecular weight excluding hydrogens is 351 g/mol. The fourth-order valence-corrected chi connectivity index (χ4v) is 2.29. The Morgan fingerprint density at radius 2 is 1.65 bits per heavy atom. The Hall–Kier alpha value is -2.58. The summed E-state index contributed by atoms with van der Waals surface area (Å²) >= 11 is 0. The third-order valence-electron chi connectivity index (χ3n) is 3.62. The molecule has 0 saturated heterocycles. The van der Waals surface area contributed by atoms with Crippen LogP contribution in [0.25, 0.3) is 0 Å². The molecule has 0 aliphatic carbocycles. The summed E-state index contributed by atoms with van der Waals surface area (Å²) in [6, 6.07) is 13.2. The van der Waals surface area contributed by atoms with E-state index in [9.17, 15) is 28.2 Å². The summed E-state index contributed by atoms with van der Waals surface area (Å²) in [4.78, 5) is 11.6. The molecule has 0 aliphatic rings. The minimum Gasteiger partial charge on any atom is -0.445 e. The molecule has 2 rings (SSSR count). The third-order valence-corrected chi connectivity index (χ3v) is 3.62. The number of aliphatic hydroxyl groups is 2. The van der Waals surface area contributed by atoms with Crippen molar-refractivity contribution in [2.24, 2.45) is 0 Å². The molecule has 0 fully saturated rings. The van der Waals surface area contributed by atoms with E-state index in [0.29, 0.717) is 0 Å². The lowest BCUT2D eigenvalue weighted by Crippen LogP contribution is -2.36. The lowest BCUT2D eigenvalue weighted by atomic mass is 9.98. The van der Waals surface area contributed by atoms with E-state index < -0.39 is 42.1 Å². The van der Waals surface area contributed by atoms with E-state index in [2.05, 4.69) is 5.32 Å². The monoisotopic (exact) mass is 369 g/mol. The summed E-state index contributed by atoms with van der Waals surface area (Å²) in [6.07, 6.45) is -8.98. The number of ether oxygens (including phenoxy) is 1. The van der Waals surface area contributed by atoms with Crippen LogP contribution in [0.4, 0.5) is 18.0 Å². The normalized spacial score (nSPS) is 13.7. The van der Waals surface area contributed by atoms with E-state index in [0.717, 1.165) is 17.7 Å². The van der Waals surface area contributed by atoms with Gasteiger partial charge in [-0.2, -0.15) is 13.2 Å². The molecule has 140 valence electrons. The maximum Gasteiger partial charge on any atom is 0.416 e. The Morgan fingerprint density at radius 1 is 1.04 bits per heavy atom. The molecule has 2 unspecified atom stereocenters. The Bertz CT molecular complexity index is 722. The van der Waals surface area contributed by atoms with Crippen molar-refractivity contribution in [1.82, 2.24) is 5.32 Å². The quantitative estimate of drug-likeness (QED) is 0.731. The van der Waals surface area contributed by atoms with Gasteiger partial charge < -0.3 is 20.3 Å². The first-order valence-corrected chi connectivity index (χ1v) is 7.76. The molecular formula is C18H18F3NO4. The maximum absolute atomic E-state index is 13.0. The second-order valence-electron chi connectivity index (χ2n) is 5.54.